The van der Waals surface area contributed by atoms with Gasteiger partial charge in [0.2, 0.25) is 0 Å². The number of carbonyl (C=O) groups is 1. The zero-order chi connectivity index (χ0) is 13.8. The van der Waals surface area contributed by atoms with E-state index in [0.717, 1.165) is 11.1 Å². The summed E-state index contributed by atoms with van der Waals surface area (Å²) in [5.41, 5.74) is 2.63. The molecule has 0 spiro atoms. The van der Waals surface area contributed by atoms with Crippen molar-refractivity contribution in [1.29, 1.82) is 0 Å². The number of aromatic nitrogens is 3. The maximum absolute atomic E-state index is 12.0. The summed E-state index contributed by atoms with van der Waals surface area (Å²) in [6.45, 7) is 0. The van der Waals surface area contributed by atoms with E-state index in [0.29, 0.717) is 11.4 Å². The zero-order valence-electron chi connectivity index (χ0n) is 10.6. The summed E-state index contributed by atoms with van der Waals surface area (Å²) in [6.07, 6.45) is 5.18. The first-order chi connectivity index (χ1) is 9.83. The second kappa shape index (κ2) is 5.36. The predicted octanol–water partition coefficient (Wildman–Crippen LogP) is 2.72. The minimum absolute atomic E-state index is 0.185. The van der Waals surface area contributed by atoms with Crippen molar-refractivity contribution in [3.8, 4) is 11.1 Å². The number of H-pyrrole nitrogens is 1. The van der Waals surface area contributed by atoms with Gasteiger partial charge in [-0.25, -0.2) is 0 Å². The lowest BCUT2D eigenvalue weighted by atomic mass is 10.1. The van der Waals surface area contributed by atoms with Crippen LogP contribution in [0.15, 0.2) is 61.1 Å². The number of benzene rings is 1. The van der Waals surface area contributed by atoms with Crippen LogP contribution in [0.4, 0.5) is 5.82 Å². The first kappa shape index (κ1) is 12.1. The third-order valence-corrected chi connectivity index (χ3v) is 2.88. The van der Waals surface area contributed by atoms with Crippen LogP contribution in [-0.4, -0.2) is 21.1 Å². The number of anilines is 1. The highest BCUT2D eigenvalue weighted by atomic mass is 16.1. The van der Waals surface area contributed by atoms with Crippen LogP contribution in [0.25, 0.3) is 11.1 Å². The Morgan fingerprint density at radius 1 is 1.05 bits per heavy atom. The average molecular weight is 264 g/mol. The molecule has 0 saturated carbocycles. The lowest BCUT2D eigenvalue weighted by molar-refractivity contribution is 0.102. The lowest BCUT2D eigenvalue weighted by Gasteiger charge is -2.04. The number of rotatable bonds is 3. The van der Waals surface area contributed by atoms with E-state index in [1.54, 1.807) is 36.8 Å². The maximum atomic E-state index is 12.0. The second-order valence-electron chi connectivity index (χ2n) is 4.23. The van der Waals surface area contributed by atoms with Gasteiger partial charge in [0.05, 0.1) is 0 Å². The number of nitrogens with zero attached hydrogens (tertiary/aromatic N) is 2. The summed E-state index contributed by atoms with van der Waals surface area (Å²) < 4.78 is 0. The van der Waals surface area contributed by atoms with Crippen LogP contribution >= 0.6 is 0 Å². The van der Waals surface area contributed by atoms with Crippen LogP contribution in [0.5, 0.6) is 0 Å². The summed E-state index contributed by atoms with van der Waals surface area (Å²) in [5, 5.41) is 9.23. The number of hydrogen-bond donors (Lipinski definition) is 2. The van der Waals surface area contributed by atoms with E-state index in [-0.39, 0.29) is 5.91 Å². The molecule has 5 nitrogen and oxygen atoms in total. The fourth-order valence-corrected chi connectivity index (χ4v) is 1.87. The summed E-state index contributed by atoms with van der Waals surface area (Å²) in [5.74, 6) is 0.321. The van der Waals surface area contributed by atoms with Gasteiger partial charge in [-0.2, -0.15) is 5.10 Å². The number of amides is 1. The van der Waals surface area contributed by atoms with Crippen molar-refractivity contribution < 1.29 is 4.79 Å². The van der Waals surface area contributed by atoms with Gasteiger partial charge < -0.3 is 5.32 Å². The number of carbonyl (C=O) groups excluding carboxylic acids is 1. The Balaban J connectivity index is 1.78. The van der Waals surface area contributed by atoms with Gasteiger partial charge in [-0.1, -0.05) is 18.2 Å². The lowest BCUT2D eigenvalue weighted by Crippen LogP contribution is -2.11. The van der Waals surface area contributed by atoms with Crippen molar-refractivity contribution in [2.75, 3.05) is 5.32 Å². The van der Waals surface area contributed by atoms with Crippen LogP contribution in [-0.2, 0) is 0 Å². The minimum Gasteiger partial charge on any atom is -0.305 e. The maximum Gasteiger partial charge on any atom is 0.256 e. The van der Waals surface area contributed by atoms with Crippen molar-refractivity contribution in [1.82, 2.24) is 15.2 Å². The van der Waals surface area contributed by atoms with Gasteiger partial charge in [-0.05, 0) is 29.3 Å². The first-order valence-corrected chi connectivity index (χ1v) is 6.14. The Morgan fingerprint density at radius 2 is 1.90 bits per heavy atom. The van der Waals surface area contributed by atoms with Crippen LogP contribution in [0, 0.1) is 0 Å². The Hall–Kier alpha value is -2.95. The molecule has 0 radical (unpaired) electrons. The highest BCUT2D eigenvalue weighted by Crippen LogP contribution is 2.18. The van der Waals surface area contributed by atoms with Gasteiger partial charge in [-0.3, -0.25) is 14.9 Å². The Labute approximate surface area is 115 Å². The van der Waals surface area contributed by atoms with Crippen molar-refractivity contribution in [3.63, 3.8) is 0 Å². The van der Waals surface area contributed by atoms with Crippen LogP contribution in [0.2, 0.25) is 0 Å². The molecule has 1 amide bonds. The van der Waals surface area contributed by atoms with Crippen LogP contribution < -0.4 is 5.32 Å². The molecule has 3 rings (SSSR count). The third kappa shape index (κ3) is 2.56. The van der Waals surface area contributed by atoms with E-state index in [1.807, 2.05) is 24.3 Å². The van der Waals surface area contributed by atoms with Gasteiger partial charge in [0.1, 0.15) is 0 Å². The molecule has 0 aliphatic rings. The Kier molecular flexibility index (Phi) is 3.24. The van der Waals surface area contributed by atoms with Crippen molar-refractivity contribution in [2.45, 2.75) is 0 Å². The average Bonchev–Trinajstić information content (AvgIpc) is 3.01. The molecule has 0 aliphatic heterocycles. The normalized spacial score (nSPS) is 10.2. The molecule has 2 heterocycles. The predicted molar refractivity (Wildman–Crippen MR) is 76.2 cm³/mol. The van der Waals surface area contributed by atoms with Gasteiger partial charge >= 0.3 is 0 Å². The largest absolute Gasteiger partial charge is 0.305 e. The molecular formula is C15H12N4O. The van der Waals surface area contributed by atoms with Crippen molar-refractivity contribution in [3.05, 3.63) is 66.6 Å². The molecule has 0 bridgehead atoms. The van der Waals surface area contributed by atoms with Crippen LogP contribution in [0.1, 0.15) is 10.4 Å². The quantitative estimate of drug-likeness (QED) is 0.764. The highest BCUT2D eigenvalue weighted by Gasteiger charge is 2.07. The molecule has 2 N–H and O–H groups in total. The van der Waals surface area contributed by atoms with E-state index in [1.165, 1.54) is 0 Å². The Morgan fingerprint density at radius 3 is 2.55 bits per heavy atom. The van der Waals surface area contributed by atoms with E-state index < -0.39 is 0 Å². The van der Waals surface area contributed by atoms with E-state index >= 15 is 0 Å². The number of hydrogen-bond acceptors (Lipinski definition) is 3. The van der Waals surface area contributed by atoms with Crippen molar-refractivity contribution >= 4 is 11.7 Å². The molecule has 0 unspecified atom stereocenters. The molecule has 0 atom stereocenters. The number of aromatic amines is 1. The summed E-state index contributed by atoms with van der Waals surface area (Å²) >= 11 is 0. The molecular weight excluding hydrogens is 252 g/mol. The summed E-state index contributed by atoms with van der Waals surface area (Å²) in [4.78, 5) is 16.1. The smallest absolute Gasteiger partial charge is 0.256 e. The van der Waals surface area contributed by atoms with E-state index in [4.69, 9.17) is 0 Å². The molecule has 0 fully saturated rings. The molecule has 20 heavy (non-hydrogen) atoms. The summed E-state index contributed by atoms with van der Waals surface area (Å²) in [6, 6.07) is 12.9. The highest BCUT2D eigenvalue weighted by molar-refractivity contribution is 6.03. The van der Waals surface area contributed by atoms with Crippen LogP contribution in [0.3, 0.4) is 0 Å². The van der Waals surface area contributed by atoms with Gasteiger partial charge in [0, 0.05) is 30.2 Å². The monoisotopic (exact) mass is 264 g/mol. The molecule has 0 saturated heterocycles. The van der Waals surface area contributed by atoms with E-state index in [2.05, 4.69) is 20.5 Å². The third-order valence-electron chi connectivity index (χ3n) is 2.88. The van der Waals surface area contributed by atoms with Crippen molar-refractivity contribution in [2.24, 2.45) is 0 Å². The molecule has 0 aliphatic carbocycles. The fourth-order valence-electron chi connectivity index (χ4n) is 1.87. The fraction of sp³-hybridized carbons (Fsp3) is 0. The molecule has 3 aromatic rings. The topological polar surface area (TPSA) is 70.7 Å². The van der Waals surface area contributed by atoms with Gasteiger partial charge in [0.25, 0.3) is 5.91 Å². The SMILES string of the molecule is O=C(Nc1cc[nH]n1)c1ccc(-c2cccnc2)cc1. The second-order valence-corrected chi connectivity index (χ2v) is 4.23. The standard InChI is InChI=1S/C15H12N4O/c20-15(18-14-7-9-17-19-14)12-5-3-11(4-6-12)13-2-1-8-16-10-13/h1-10H,(H2,17,18,19,20). The molecule has 5 heteroatoms. The molecule has 2 aromatic heterocycles. The molecule has 98 valence electrons. The first-order valence-electron chi connectivity index (χ1n) is 6.14. The summed E-state index contributed by atoms with van der Waals surface area (Å²) in [7, 11) is 0. The van der Waals surface area contributed by atoms with Gasteiger partial charge in [-0.15, -0.1) is 0 Å². The minimum atomic E-state index is -0.185. The van der Waals surface area contributed by atoms with E-state index in [9.17, 15) is 4.79 Å². The molecule has 1 aromatic carbocycles. The number of nitrogens with one attached hydrogen (secondary N) is 2. The van der Waals surface area contributed by atoms with Gasteiger partial charge in [0.15, 0.2) is 5.82 Å². The zero-order valence-corrected chi connectivity index (χ0v) is 10.6. The Bertz CT molecular complexity index is 691. The number of pyridine rings is 1.